The number of carbonyl (C=O) groups excluding carboxylic acids is 1. The zero-order valence-corrected chi connectivity index (χ0v) is 17.2. The molecule has 0 aliphatic rings. The van der Waals surface area contributed by atoms with Gasteiger partial charge in [0.05, 0.1) is 17.1 Å². The first-order valence-electron chi connectivity index (χ1n) is 8.38. The van der Waals surface area contributed by atoms with Crippen molar-refractivity contribution in [1.82, 2.24) is 4.57 Å². The van der Waals surface area contributed by atoms with Gasteiger partial charge in [-0.25, -0.2) is 0 Å². The van der Waals surface area contributed by atoms with Crippen LogP contribution in [0.15, 0.2) is 59.5 Å². The average Bonchev–Trinajstić information content (AvgIpc) is 2.66. The van der Waals surface area contributed by atoms with Crippen molar-refractivity contribution in [2.45, 2.75) is 12.7 Å². The molecular weight excluding hydrogens is 464 g/mol. The van der Waals surface area contributed by atoms with Crippen LogP contribution in [-0.2, 0) is 12.7 Å². The first-order valence-corrected chi connectivity index (χ1v) is 9.51. The van der Waals surface area contributed by atoms with E-state index in [0.717, 1.165) is 28.8 Å². The topological polar surface area (TPSA) is 51.1 Å². The van der Waals surface area contributed by atoms with Crippen molar-refractivity contribution in [3.8, 4) is 0 Å². The molecule has 30 heavy (non-hydrogen) atoms. The van der Waals surface area contributed by atoms with Gasteiger partial charge in [-0.2, -0.15) is 13.2 Å². The van der Waals surface area contributed by atoms with E-state index in [0.29, 0.717) is 15.6 Å². The maximum atomic E-state index is 12.9. The summed E-state index contributed by atoms with van der Waals surface area (Å²) in [7, 11) is 0. The van der Waals surface area contributed by atoms with Crippen LogP contribution >= 0.6 is 34.8 Å². The first-order chi connectivity index (χ1) is 14.1. The number of benzene rings is 2. The number of halogens is 6. The highest BCUT2D eigenvalue weighted by molar-refractivity contribution is 6.36. The predicted octanol–water partition coefficient (Wildman–Crippen LogP) is 6.13. The number of nitrogens with one attached hydrogen (secondary N) is 1. The molecule has 0 unspecified atom stereocenters. The van der Waals surface area contributed by atoms with E-state index in [9.17, 15) is 22.8 Å². The lowest BCUT2D eigenvalue weighted by molar-refractivity contribution is -0.137. The Hall–Kier alpha value is -2.48. The zero-order valence-electron chi connectivity index (χ0n) is 14.9. The van der Waals surface area contributed by atoms with Gasteiger partial charge in [0.1, 0.15) is 5.56 Å². The number of amides is 1. The number of carbonyl (C=O) groups is 1. The van der Waals surface area contributed by atoms with Gasteiger partial charge in [-0.05, 0) is 36.4 Å². The zero-order chi connectivity index (χ0) is 22.1. The summed E-state index contributed by atoms with van der Waals surface area (Å²) < 4.78 is 39.7. The summed E-state index contributed by atoms with van der Waals surface area (Å²) in [6.45, 7) is -0.0538. The van der Waals surface area contributed by atoms with Crippen molar-refractivity contribution in [2.24, 2.45) is 0 Å². The van der Waals surface area contributed by atoms with Crippen molar-refractivity contribution in [3.63, 3.8) is 0 Å². The molecule has 0 aliphatic carbocycles. The minimum absolute atomic E-state index is 0.0538. The van der Waals surface area contributed by atoms with Crippen LogP contribution in [-0.4, -0.2) is 10.5 Å². The minimum atomic E-state index is -4.57. The van der Waals surface area contributed by atoms with Gasteiger partial charge >= 0.3 is 6.18 Å². The standard InChI is InChI=1S/C20H12Cl3F3N2O2/c21-12-8-14(18(29)27-13-4-1-3-11(7-13)20(24,25)26)19(30)28(9-12)10-15-16(22)5-2-6-17(15)23/h1-9H,10H2,(H,27,29). The Morgan fingerprint density at radius 2 is 1.63 bits per heavy atom. The van der Waals surface area contributed by atoms with E-state index in [4.69, 9.17) is 34.8 Å². The lowest BCUT2D eigenvalue weighted by atomic mass is 10.1. The fourth-order valence-corrected chi connectivity index (χ4v) is 3.45. The third-order valence-corrected chi connectivity index (χ3v) is 5.05. The summed E-state index contributed by atoms with van der Waals surface area (Å²) in [6, 6.07) is 10.0. The molecule has 2 aromatic carbocycles. The number of pyridine rings is 1. The highest BCUT2D eigenvalue weighted by atomic mass is 35.5. The minimum Gasteiger partial charge on any atom is -0.322 e. The Balaban J connectivity index is 1.94. The molecule has 156 valence electrons. The highest BCUT2D eigenvalue weighted by Gasteiger charge is 2.30. The van der Waals surface area contributed by atoms with Crippen LogP contribution in [0.4, 0.5) is 18.9 Å². The van der Waals surface area contributed by atoms with Crippen LogP contribution in [0.5, 0.6) is 0 Å². The molecule has 0 bridgehead atoms. The smallest absolute Gasteiger partial charge is 0.322 e. The van der Waals surface area contributed by atoms with Crippen molar-refractivity contribution in [3.05, 3.63) is 96.8 Å². The number of alkyl halides is 3. The van der Waals surface area contributed by atoms with Gasteiger partial charge in [0, 0.05) is 27.5 Å². The second-order valence-electron chi connectivity index (χ2n) is 6.24. The number of hydrogen-bond acceptors (Lipinski definition) is 2. The lowest BCUT2D eigenvalue weighted by Crippen LogP contribution is -2.29. The number of rotatable bonds is 4. The third-order valence-electron chi connectivity index (χ3n) is 4.14. The van der Waals surface area contributed by atoms with Crippen LogP contribution in [0.25, 0.3) is 0 Å². The van der Waals surface area contributed by atoms with E-state index in [2.05, 4.69) is 5.32 Å². The van der Waals surface area contributed by atoms with Gasteiger partial charge in [-0.1, -0.05) is 46.9 Å². The quantitative estimate of drug-likeness (QED) is 0.494. The number of nitrogens with zero attached hydrogens (tertiary/aromatic N) is 1. The molecular formula is C20H12Cl3F3N2O2. The first kappa shape index (κ1) is 22.2. The molecule has 3 aromatic rings. The van der Waals surface area contributed by atoms with E-state index in [1.807, 2.05) is 0 Å². The Labute approximate surface area is 183 Å². The monoisotopic (exact) mass is 474 g/mol. The van der Waals surface area contributed by atoms with E-state index in [1.54, 1.807) is 18.2 Å². The molecule has 0 atom stereocenters. The van der Waals surface area contributed by atoms with Crippen LogP contribution in [0.3, 0.4) is 0 Å². The maximum Gasteiger partial charge on any atom is 0.416 e. The van der Waals surface area contributed by atoms with Crippen LogP contribution in [0.2, 0.25) is 15.1 Å². The summed E-state index contributed by atoms with van der Waals surface area (Å²) in [4.78, 5) is 25.4. The van der Waals surface area contributed by atoms with Crippen molar-refractivity contribution in [2.75, 3.05) is 5.32 Å². The summed E-state index contributed by atoms with van der Waals surface area (Å²) >= 11 is 18.3. The molecule has 1 N–H and O–H groups in total. The third kappa shape index (κ3) is 4.98. The second kappa shape index (κ2) is 8.71. The van der Waals surface area contributed by atoms with Gasteiger partial charge in [-0.3, -0.25) is 9.59 Å². The molecule has 4 nitrogen and oxygen atoms in total. The highest BCUT2D eigenvalue weighted by Crippen LogP contribution is 2.31. The Morgan fingerprint density at radius 3 is 2.27 bits per heavy atom. The normalized spacial score (nSPS) is 11.4. The van der Waals surface area contributed by atoms with Crippen molar-refractivity contribution < 1.29 is 18.0 Å². The van der Waals surface area contributed by atoms with E-state index in [-0.39, 0.29) is 22.8 Å². The molecule has 0 aliphatic heterocycles. The summed E-state index contributed by atoms with van der Waals surface area (Å²) in [6.07, 6.45) is -3.26. The van der Waals surface area contributed by atoms with Gasteiger partial charge < -0.3 is 9.88 Å². The fourth-order valence-electron chi connectivity index (χ4n) is 2.70. The maximum absolute atomic E-state index is 12.9. The largest absolute Gasteiger partial charge is 0.416 e. The molecule has 1 heterocycles. The van der Waals surface area contributed by atoms with E-state index < -0.39 is 23.2 Å². The molecule has 1 aromatic heterocycles. The summed E-state index contributed by atoms with van der Waals surface area (Å²) in [5.41, 5.74) is -1.65. The van der Waals surface area contributed by atoms with Crippen molar-refractivity contribution >= 4 is 46.4 Å². The molecule has 0 radical (unpaired) electrons. The van der Waals surface area contributed by atoms with E-state index in [1.165, 1.54) is 12.3 Å². The summed E-state index contributed by atoms with van der Waals surface area (Å²) in [5, 5.41) is 3.01. The molecule has 0 saturated carbocycles. The molecule has 0 saturated heterocycles. The lowest BCUT2D eigenvalue weighted by Gasteiger charge is -2.13. The SMILES string of the molecule is O=C(Nc1cccc(C(F)(F)F)c1)c1cc(Cl)cn(Cc2c(Cl)cccc2Cl)c1=O. The van der Waals surface area contributed by atoms with Gasteiger partial charge in [0.15, 0.2) is 0 Å². The molecule has 0 fully saturated rings. The van der Waals surface area contributed by atoms with Crippen LogP contribution in [0.1, 0.15) is 21.5 Å². The van der Waals surface area contributed by atoms with Crippen molar-refractivity contribution in [1.29, 1.82) is 0 Å². The molecule has 0 spiro atoms. The molecule has 3 rings (SSSR count). The molecule has 1 amide bonds. The fraction of sp³-hybridized carbons (Fsp3) is 0.100. The van der Waals surface area contributed by atoms with Crippen LogP contribution < -0.4 is 10.9 Å². The van der Waals surface area contributed by atoms with E-state index >= 15 is 0 Å². The van der Waals surface area contributed by atoms with Gasteiger partial charge in [0.2, 0.25) is 0 Å². The second-order valence-corrected chi connectivity index (χ2v) is 7.49. The predicted molar refractivity (Wildman–Crippen MR) is 111 cm³/mol. The van der Waals surface area contributed by atoms with Crippen LogP contribution in [0, 0.1) is 0 Å². The molecule has 10 heteroatoms. The Bertz CT molecular complexity index is 1160. The average molecular weight is 476 g/mol. The number of anilines is 1. The Morgan fingerprint density at radius 1 is 1.00 bits per heavy atom. The van der Waals surface area contributed by atoms with Gasteiger partial charge in [0.25, 0.3) is 11.5 Å². The number of aromatic nitrogens is 1. The van der Waals surface area contributed by atoms with Gasteiger partial charge in [-0.15, -0.1) is 0 Å². The Kier molecular flexibility index (Phi) is 6.45. The number of hydrogen-bond donors (Lipinski definition) is 1. The summed E-state index contributed by atoms with van der Waals surface area (Å²) in [5.74, 6) is -0.902.